The predicted octanol–water partition coefficient (Wildman–Crippen LogP) is 8.69. The zero-order chi connectivity index (χ0) is 26.8. The van der Waals surface area contributed by atoms with Gasteiger partial charge in [-0.25, -0.2) is 9.97 Å². The van der Waals surface area contributed by atoms with Crippen LogP contribution in [0.4, 0.5) is 0 Å². The summed E-state index contributed by atoms with van der Waals surface area (Å²) in [4.78, 5) is 9.16. The molecule has 3 aromatic carbocycles. The van der Waals surface area contributed by atoms with Crippen LogP contribution in [0, 0.1) is 12.8 Å². The minimum absolute atomic E-state index is 0.396. The van der Waals surface area contributed by atoms with Crippen molar-refractivity contribution in [2.45, 2.75) is 33.1 Å². The molecule has 2 bridgehead atoms. The lowest BCUT2D eigenvalue weighted by Crippen LogP contribution is -2.16. The van der Waals surface area contributed by atoms with Gasteiger partial charge in [0.1, 0.15) is 0 Å². The van der Waals surface area contributed by atoms with E-state index in [-0.39, 0.29) is 0 Å². The summed E-state index contributed by atoms with van der Waals surface area (Å²) in [5, 5.41) is 4.78. The standard InChI is InChI=1S/C21H21N.C15H12N2/c1-14-8-3-4-9-16(14)21-15(2)17-10-5-6-11-18(17)19-12-7-13-20(21)22-19;1-11-13-9-5-6-10-14(13)17-15(16-11)12-7-3-2-4-8-12/h3-7,9-15,22H,8H2,1-2H3;2-10H,1H3. The molecular weight excluding hydrogens is 474 g/mol. The van der Waals surface area contributed by atoms with Crippen LogP contribution in [0.3, 0.4) is 0 Å². The molecule has 2 aliphatic heterocycles. The quantitative estimate of drug-likeness (QED) is 0.295. The lowest BCUT2D eigenvalue weighted by atomic mass is 9.79. The number of hydrogen-bond acceptors (Lipinski definition) is 3. The van der Waals surface area contributed by atoms with Crippen LogP contribution in [0.25, 0.3) is 28.0 Å². The fourth-order valence-electron chi connectivity index (χ4n) is 5.75. The van der Waals surface area contributed by atoms with Crippen LogP contribution < -0.4 is 5.32 Å². The summed E-state index contributed by atoms with van der Waals surface area (Å²) in [5.74, 6) is 1.76. The summed E-state index contributed by atoms with van der Waals surface area (Å²) in [5.41, 5.74) is 11.2. The van der Waals surface area contributed by atoms with Crippen LogP contribution in [0.15, 0.2) is 132 Å². The maximum Gasteiger partial charge on any atom is 0.160 e. The number of benzene rings is 3. The zero-order valence-corrected chi connectivity index (χ0v) is 22.7. The van der Waals surface area contributed by atoms with Crippen molar-refractivity contribution in [2.75, 3.05) is 0 Å². The molecule has 1 aromatic heterocycles. The molecule has 3 heterocycles. The fourth-order valence-corrected chi connectivity index (χ4v) is 5.75. The molecular formula is C36H33N3. The Kier molecular flexibility index (Phi) is 6.81. The number of rotatable bonds is 2. The second-order valence-electron chi connectivity index (χ2n) is 10.4. The van der Waals surface area contributed by atoms with Crippen molar-refractivity contribution in [3.63, 3.8) is 0 Å². The van der Waals surface area contributed by atoms with Crippen LogP contribution in [0.1, 0.15) is 43.0 Å². The van der Waals surface area contributed by atoms with Gasteiger partial charge in [-0.2, -0.15) is 0 Å². The molecule has 2 atom stereocenters. The fraction of sp³-hybridized carbons (Fsp3) is 0.167. The van der Waals surface area contributed by atoms with Crippen LogP contribution in [-0.4, -0.2) is 9.97 Å². The monoisotopic (exact) mass is 507 g/mol. The molecule has 4 aromatic rings. The van der Waals surface area contributed by atoms with E-state index in [1.54, 1.807) is 0 Å². The third kappa shape index (κ3) is 4.88. The number of para-hydroxylation sites is 1. The summed E-state index contributed by atoms with van der Waals surface area (Å²) >= 11 is 0. The molecule has 3 nitrogen and oxygen atoms in total. The Balaban J connectivity index is 0.000000147. The number of allylic oxidation sites excluding steroid dienone is 8. The molecule has 39 heavy (non-hydrogen) atoms. The van der Waals surface area contributed by atoms with Gasteiger partial charge in [0, 0.05) is 39.5 Å². The number of nitrogens with zero attached hydrogens (tertiary/aromatic N) is 2. The lowest BCUT2D eigenvalue weighted by Gasteiger charge is -2.26. The molecule has 0 fully saturated rings. The first-order valence-electron chi connectivity index (χ1n) is 13.7. The molecule has 3 aliphatic rings. The van der Waals surface area contributed by atoms with Gasteiger partial charge in [-0.3, -0.25) is 0 Å². The second kappa shape index (κ2) is 10.7. The number of aryl methyl sites for hydroxylation is 1. The molecule has 0 spiro atoms. The van der Waals surface area contributed by atoms with Gasteiger partial charge < -0.3 is 5.32 Å². The molecule has 0 radical (unpaired) electrons. The van der Waals surface area contributed by atoms with Crippen molar-refractivity contribution in [3.8, 4) is 11.4 Å². The Bertz CT molecular complexity index is 1690. The normalized spacial score (nSPS) is 19.3. The Morgan fingerprint density at radius 2 is 1.56 bits per heavy atom. The van der Waals surface area contributed by atoms with Crippen molar-refractivity contribution in [2.24, 2.45) is 5.92 Å². The third-order valence-electron chi connectivity index (χ3n) is 7.80. The maximum absolute atomic E-state index is 4.60. The number of nitrogens with one attached hydrogen (secondary N) is 1. The number of dihydropyridines is 1. The number of aromatic nitrogens is 2. The maximum atomic E-state index is 4.60. The minimum Gasteiger partial charge on any atom is -0.355 e. The highest BCUT2D eigenvalue weighted by atomic mass is 14.9. The van der Waals surface area contributed by atoms with Gasteiger partial charge in [-0.15, -0.1) is 0 Å². The van der Waals surface area contributed by atoms with Gasteiger partial charge in [0.2, 0.25) is 0 Å². The van der Waals surface area contributed by atoms with E-state index in [1.807, 2.05) is 55.5 Å². The number of hydrogen-bond donors (Lipinski definition) is 1. The smallest absolute Gasteiger partial charge is 0.160 e. The van der Waals surface area contributed by atoms with Crippen LogP contribution >= 0.6 is 0 Å². The van der Waals surface area contributed by atoms with E-state index in [2.05, 4.69) is 95.9 Å². The van der Waals surface area contributed by atoms with E-state index >= 15 is 0 Å². The van der Waals surface area contributed by atoms with Crippen molar-refractivity contribution < 1.29 is 0 Å². The van der Waals surface area contributed by atoms with Gasteiger partial charge >= 0.3 is 0 Å². The SMILES string of the molecule is CC1CC=CC=C1C1=C2C=CC=C(N2)c2ccccc2C1C.Cc1nc(-c2ccccc2)nc2ccccc12. The van der Waals surface area contributed by atoms with E-state index in [0.717, 1.165) is 34.4 Å². The molecule has 1 aliphatic carbocycles. The molecule has 0 amide bonds. The van der Waals surface area contributed by atoms with E-state index in [0.29, 0.717) is 11.8 Å². The minimum atomic E-state index is 0.396. The van der Waals surface area contributed by atoms with E-state index in [4.69, 9.17) is 0 Å². The Hall–Kier alpha value is -4.50. The average molecular weight is 508 g/mol. The molecule has 7 rings (SSSR count). The van der Waals surface area contributed by atoms with Gasteiger partial charge in [0.05, 0.1) is 5.52 Å². The Labute approximate surface area is 231 Å². The lowest BCUT2D eigenvalue weighted by molar-refractivity contribution is 0.672. The zero-order valence-electron chi connectivity index (χ0n) is 22.7. The van der Waals surface area contributed by atoms with E-state index in [1.165, 1.54) is 33.7 Å². The van der Waals surface area contributed by atoms with Crippen LogP contribution in [-0.2, 0) is 0 Å². The molecule has 192 valence electrons. The molecule has 1 N–H and O–H groups in total. The van der Waals surface area contributed by atoms with Crippen molar-refractivity contribution >= 4 is 16.6 Å². The molecule has 3 heteroatoms. The highest BCUT2D eigenvalue weighted by molar-refractivity contribution is 5.82. The molecule has 0 saturated heterocycles. The third-order valence-corrected chi connectivity index (χ3v) is 7.80. The van der Waals surface area contributed by atoms with Crippen molar-refractivity contribution in [1.82, 2.24) is 15.3 Å². The Morgan fingerprint density at radius 1 is 0.795 bits per heavy atom. The molecule has 0 saturated carbocycles. The highest BCUT2D eigenvalue weighted by Gasteiger charge is 2.29. The summed E-state index contributed by atoms with van der Waals surface area (Å²) in [6.07, 6.45) is 14.5. The summed E-state index contributed by atoms with van der Waals surface area (Å²) in [6, 6.07) is 26.9. The highest BCUT2D eigenvalue weighted by Crippen LogP contribution is 2.42. The first-order chi connectivity index (χ1) is 19.1. The van der Waals surface area contributed by atoms with Gasteiger partial charge in [-0.1, -0.05) is 111 Å². The largest absolute Gasteiger partial charge is 0.355 e. The topological polar surface area (TPSA) is 37.8 Å². The van der Waals surface area contributed by atoms with E-state index < -0.39 is 0 Å². The average Bonchev–Trinajstić information content (AvgIpc) is 3.06. The molecule has 2 unspecified atom stereocenters. The van der Waals surface area contributed by atoms with Crippen molar-refractivity contribution in [3.05, 3.63) is 149 Å². The van der Waals surface area contributed by atoms with Gasteiger partial charge in [0.25, 0.3) is 0 Å². The summed E-state index contributed by atoms with van der Waals surface area (Å²) in [7, 11) is 0. The first-order valence-corrected chi connectivity index (χ1v) is 13.7. The van der Waals surface area contributed by atoms with E-state index in [9.17, 15) is 0 Å². The van der Waals surface area contributed by atoms with Crippen LogP contribution in [0.2, 0.25) is 0 Å². The Morgan fingerprint density at radius 3 is 2.41 bits per heavy atom. The predicted molar refractivity (Wildman–Crippen MR) is 163 cm³/mol. The first kappa shape index (κ1) is 24.8. The number of fused-ring (bicyclic) bond motifs is 5. The second-order valence-corrected chi connectivity index (χ2v) is 10.4. The summed E-state index contributed by atoms with van der Waals surface area (Å²) in [6.45, 7) is 6.69. The van der Waals surface area contributed by atoms with Crippen molar-refractivity contribution in [1.29, 1.82) is 0 Å². The van der Waals surface area contributed by atoms with Gasteiger partial charge in [0.15, 0.2) is 5.82 Å². The van der Waals surface area contributed by atoms with Gasteiger partial charge in [-0.05, 0) is 54.2 Å². The summed E-state index contributed by atoms with van der Waals surface area (Å²) < 4.78 is 0. The van der Waals surface area contributed by atoms with Crippen LogP contribution in [0.5, 0.6) is 0 Å².